The number of aromatic nitrogens is 1. The lowest BCUT2D eigenvalue weighted by atomic mass is 9.92. The topological polar surface area (TPSA) is 74.3 Å². The first-order valence-corrected chi connectivity index (χ1v) is 13.0. The van der Waals surface area contributed by atoms with Crippen molar-refractivity contribution in [2.45, 2.75) is 47.0 Å². The highest BCUT2D eigenvalue weighted by molar-refractivity contribution is 9.10. The fourth-order valence-corrected chi connectivity index (χ4v) is 5.37. The number of carbonyl (C=O) groups is 2. The van der Waals surface area contributed by atoms with E-state index in [4.69, 9.17) is 4.98 Å². The van der Waals surface area contributed by atoms with Crippen LogP contribution in [0.4, 0.5) is 17.2 Å². The predicted octanol–water partition coefficient (Wildman–Crippen LogP) is 6.45. The molecule has 35 heavy (non-hydrogen) atoms. The van der Waals surface area contributed by atoms with Crippen LogP contribution in [0.15, 0.2) is 46.9 Å². The summed E-state index contributed by atoms with van der Waals surface area (Å²) in [6.45, 7) is 10.7. The Morgan fingerprint density at radius 3 is 2.31 bits per heavy atom. The second kappa shape index (κ2) is 10.8. The van der Waals surface area contributed by atoms with Crippen molar-refractivity contribution in [1.29, 1.82) is 0 Å². The molecule has 0 saturated carbocycles. The standard InChI is InChI=1S/C28H33BrN4O2/c1-17-11-18(2)16-33(15-17)26-13-19(3)23-14-22(6-8-25(23)31-26)30-27(34)9-10-28(35)32-24-7-5-21(29)12-20(24)4/h5-8,12-14,17-18H,9-11,15-16H2,1-4H3,(H,30,34)(H,32,35)/t17-,18+. The average molecular weight is 538 g/mol. The van der Waals surface area contributed by atoms with Gasteiger partial charge in [0.25, 0.3) is 0 Å². The quantitative estimate of drug-likeness (QED) is 0.379. The van der Waals surface area contributed by atoms with Gasteiger partial charge in [-0.25, -0.2) is 4.98 Å². The molecule has 1 saturated heterocycles. The minimum Gasteiger partial charge on any atom is -0.356 e. The summed E-state index contributed by atoms with van der Waals surface area (Å²) in [6.07, 6.45) is 1.49. The summed E-state index contributed by atoms with van der Waals surface area (Å²) in [7, 11) is 0. The lowest BCUT2D eigenvalue weighted by molar-refractivity contribution is -0.121. The third-order valence-electron chi connectivity index (χ3n) is 6.52. The first-order chi connectivity index (χ1) is 16.7. The van der Waals surface area contributed by atoms with Crippen LogP contribution in [0.1, 0.15) is 44.2 Å². The summed E-state index contributed by atoms with van der Waals surface area (Å²) in [5.74, 6) is 1.98. The van der Waals surface area contributed by atoms with Gasteiger partial charge in [0.1, 0.15) is 5.82 Å². The molecule has 7 heteroatoms. The summed E-state index contributed by atoms with van der Waals surface area (Å²) in [5.41, 5.74) is 4.49. The van der Waals surface area contributed by atoms with E-state index in [0.717, 1.165) is 51.1 Å². The molecular weight excluding hydrogens is 504 g/mol. The van der Waals surface area contributed by atoms with E-state index in [9.17, 15) is 9.59 Å². The zero-order chi connectivity index (χ0) is 25.1. The van der Waals surface area contributed by atoms with Crippen molar-refractivity contribution in [1.82, 2.24) is 4.98 Å². The van der Waals surface area contributed by atoms with E-state index in [1.807, 2.05) is 43.3 Å². The molecule has 2 N–H and O–H groups in total. The Kier molecular flexibility index (Phi) is 7.75. The van der Waals surface area contributed by atoms with Crippen LogP contribution >= 0.6 is 15.9 Å². The molecule has 4 rings (SSSR count). The number of fused-ring (bicyclic) bond motifs is 1. The molecule has 2 aromatic carbocycles. The highest BCUT2D eigenvalue weighted by atomic mass is 79.9. The van der Waals surface area contributed by atoms with Gasteiger partial charge in [-0.05, 0) is 85.7 Å². The van der Waals surface area contributed by atoms with E-state index in [1.54, 1.807) is 0 Å². The number of amides is 2. The third kappa shape index (κ3) is 6.40. The molecule has 0 radical (unpaired) electrons. The number of hydrogen-bond donors (Lipinski definition) is 2. The summed E-state index contributed by atoms with van der Waals surface area (Å²) in [6, 6.07) is 13.6. The normalized spacial score (nSPS) is 17.9. The van der Waals surface area contributed by atoms with Gasteiger partial charge in [0.05, 0.1) is 5.52 Å². The minimum atomic E-state index is -0.189. The number of nitrogens with zero attached hydrogens (tertiary/aromatic N) is 2. The number of anilines is 3. The second-order valence-corrected chi connectivity index (χ2v) is 10.9. The number of pyridine rings is 1. The molecule has 1 aliphatic rings. The largest absolute Gasteiger partial charge is 0.356 e. The average Bonchev–Trinajstić information content (AvgIpc) is 2.79. The number of carbonyl (C=O) groups excluding carboxylic acids is 2. The zero-order valence-corrected chi connectivity index (χ0v) is 22.4. The van der Waals surface area contributed by atoms with Crippen LogP contribution in [-0.2, 0) is 9.59 Å². The molecule has 2 atom stereocenters. The molecule has 0 aliphatic carbocycles. The molecule has 0 spiro atoms. The van der Waals surface area contributed by atoms with Gasteiger partial charge in [0, 0.05) is 47.2 Å². The van der Waals surface area contributed by atoms with Gasteiger partial charge in [-0.3, -0.25) is 9.59 Å². The SMILES string of the molecule is Cc1cc(Br)ccc1NC(=O)CCC(=O)Nc1ccc2nc(N3C[C@H](C)C[C@H](C)C3)cc(C)c2c1. The number of hydrogen-bond acceptors (Lipinski definition) is 4. The molecule has 0 bridgehead atoms. The molecule has 1 aliphatic heterocycles. The van der Waals surface area contributed by atoms with Gasteiger partial charge >= 0.3 is 0 Å². The van der Waals surface area contributed by atoms with Gasteiger partial charge in [-0.2, -0.15) is 0 Å². The Morgan fingerprint density at radius 2 is 1.63 bits per heavy atom. The summed E-state index contributed by atoms with van der Waals surface area (Å²) in [5, 5.41) is 6.82. The van der Waals surface area contributed by atoms with E-state index < -0.39 is 0 Å². The van der Waals surface area contributed by atoms with Crippen LogP contribution in [0.5, 0.6) is 0 Å². The molecule has 184 valence electrons. The molecule has 0 unspecified atom stereocenters. The smallest absolute Gasteiger partial charge is 0.224 e. The Balaban J connectivity index is 1.37. The summed E-state index contributed by atoms with van der Waals surface area (Å²) < 4.78 is 0.958. The monoisotopic (exact) mass is 536 g/mol. The number of benzene rings is 2. The van der Waals surface area contributed by atoms with Crippen molar-refractivity contribution in [3.8, 4) is 0 Å². The first kappa shape index (κ1) is 25.2. The Bertz CT molecular complexity index is 1250. The highest BCUT2D eigenvalue weighted by Crippen LogP contribution is 2.29. The second-order valence-electron chi connectivity index (χ2n) is 9.94. The molecule has 1 aromatic heterocycles. The van der Waals surface area contributed by atoms with Crippen molar-refractivity contribution in [2.24, 2.45) is 11.8 Å². The van der Waals surface area contributed by atoms with E-state index in [-0.39, 0.29) is 24.7 Å². The summed E-state index contributed by atoms with van der Waals surface area (Å²) >= 11 is 3.42. The van der Waals surface area contributed by atoms with Crippen LogP contribution in [0.3, 0.4) is 0 Å². The number of halogens is 1. The fraction of sp³-hybridized carbons (Fsp3) is 0.393. The molecule has 1 fully saturated rings. The molecule has 3 aromatic rings. The van der Waals surface area contributed by atoms with Gasteiger partial charge in [0.15, 0.2) is 0 Å². The molecule has 2 heterocycles. The van der Waals surface area contributed by atoms with E-state index in [1.165, 1.54) is 6.42 Å². The van der Waals surface area contributed by atoms with Crippen LogP contribution in [0.25, 0.3) is 10.9 Å². The van der Waals surface area contributed by atoms with Crippen LogP contribution in [0, 0.1) is 25.7 Å². The fourth-order valence-electron chi connectivity index (χ4n) is 4.90. The minimum absolute atomic E-state index is 0.112. The van der Waals surface area contributed by atoms with Crippen LogP contribution < -0.4 is 15.5 Å². The zero-order valence-electron chi connectivity index (χ0n) is 20.8. The molecule has 2 amide bonds. The number of nitrogens with one attached hydrogen (secondary N) is 2. The number of piperidine rings is 1. The molecular formula is C28H33BrN4O2. The molecule has 6 nitrogen and oxygen atoms in total. The Labute approximate surface area is 215 Å². The van der Waals surface area contributed by atoms with Crippen molar-refractivity contribution in [3.05, 3.63) is 58.1 Å². The number of aryl methyl sites for hydroxylation is 2. The van der Waals surface area contributed by atoms with Gasteiger partial charge < -0.3 is 15.5 Å². The van der Waals surface area contributed by atoms with Gasteiger partial charge in [-0.1, -0.05) is 29.8 Å². The lowest BCUT2D eigenvalue weighted by Gasteiger charge is -2.36. The number of rotatable bonds is 6. The first-order valence-electron chi connectivity index (χ1n) is 12.2. The predicted molar refractivity (Wildman–Crippen MR) is 147 cm³/mol. The lowest BCUT2D eigenvalue weighted by Crippen LogP contribution is -2.39. The summed E-state index contributed by atoms with van der Waals surface area (Å²) in [4.78, 5) is 32.1. The van der Waals surface area contributed by atoms with E-state index in [0.29, 0.717) is 17.5 Å². The van der Waals surface area contributed by atoms with Gasteiger partial charge in [-0.15, -0.1) is 0 Å². The van der Waals surface area contributed by atoms with Gasteiger partial charge in [0.2, 0.25) is 11.8 Å². The Morgan fingerprint density at radius 1 is 0.943 bits per heavy atom. The van der Waals surface area contributed by atoms with Crippen LogP contribution in [0.2, 0.25) is 0 Å². The highest BCUT2D eigenvalue weighted by Gasteiger charge is 2.23. The maximum absolute atomic E-state index is 12.5. The van der Waals surface area contributed by atoms with Crippen LogP contribution in [-0.4, -0.2) is 29.9 Å². The third-order valence-corrected chi connectivity index (χ3v) is 7.01. The maximum Gasteiger partial charge on any atom is 0.224 e. The van der Waals surface area contributed by atoms with Crippen molar-refractivity contribution in [3.63, 3.8) is 0 Å². The maximum atomic E-state index is 12.5. The Hall–Kier alpha value is -2.93. The van der Waals surface area contributed by atoms with Crippen molar-refractivity contribution in [2.75, 3.05) is 28.6 Å². The van der Waals surface area contributed by atoms with E-state index in [2.05, 4.69) is 58.3 Å². The van der Waals surface area contributed by atoms with Crippen molar-refractivity contribution >= 4 is 55.8 Å². The van der Waals surface area contributed by atoms with E-state index >= 15 is 0 Å². The van der Waals surface area contributed by atoms with Crippen molar-refractivity contribution < 1.29 is 9.59 Å².